The zero-order chi connectivity index (χ0) is 12.8. The van der Waals surface area contributed by atoms with Crippen LogP contribution in [0.3, 0.4) is 0 Å². The molecule has 1 saturated heterocycles. The van der Waals surface area contributed by atoms with Crippen molar-refractivity contribution in [3.8, 4) is 0 Å². The second-order valence-corrected chi connectivity index (χ2v) is 5.52. The Kier molecular flexibility index (Phi) is 2.57. The van der Waals surface area contributed by atoms with Crippen LogP contribution in [0.4, 0.5) is 0 Å². The number of hydrogen-bond acceptors (Lipinski definition) is 3. The predicted octanol–water partition coefficient (Wildman–Crippen LogP) is 2.80. The Morgan fingerprint density at radius 1 is 1.50 bits per heavy atom. The number of carbonyl (C=O) groups is 1. The quantitative estimate of drug-likeness (QED) is 0.373. The number of hydrogen-bond donors (Lipinski definition) is 0. The van der Waals surface area contributed by atoms with Crippen molar-refractivity contribution in [3.63, 3.8) is 0 Å². The minimum absolute atomic E-state index is 0.0795. The molecule has 0 spiro atoms. The van der Waals surface area contributed by atoms with Crippen LogP contribution in [-0.4, -0.2) is 19.1 Å². The van der Waals surface area contributed by atoms with Crippen molar-refractivity contribution in [2.75, 3.05) is 13.2 Å². The number of ether oxygens (including phenoxy) is 1. The Balaban J connectivity index is 1.98. The van der Waals surface area contributed by atoms with E-state index in [9.17, 15) is 4.79 Å². The van der Waals surface area contributed by atoms with Gasteiger partial charge in [-0.1, -0.05) is 33.2 Å². The lowest BCUT2D eigenvalue weighted by atomic mass is 9.93. The molecule has 0 aromatic heterocycles. The number of cyclic esters (lactones) is 1. The predicted molar refractivity (Wildman–Crippen MR) is 67.8 cm³/mol. The first-order valence-corrected chi connectivity index (χ1v) is 6.44. The van der Waals surface area contributed by atoms with Crippen LogP contribution in [0.25, 0.3) is 10.4 Å². The molecular weight excluding hydrogens is 298 g/mol. The van der Waals surface area contributed by atoms with Gasteiger partial charge in [0.05, 0.1) is 6.61 Å². The highest BCUT2D eigenvalue weighted by Gasteiger charge is 2.74. The molecule has 3 rings (SSSR count). The molecular formula is C12H10BrN3O2. The van der Waals surface area contributed by atoms with E-state index in [-0.39, 0.29) is 17.8 Å². The minimum Gasteiger partial charge on any atom is -0.465 e. The number of azide groups is 1. The molecule has 92 valence electrons. The smallest absolute Gasteiger partial charge is 0.317 e. The zero-order valence-electron chi connectivity index (χ0n) is 9.41. The number of rotatable bonds is 3. The van der Waals surface area contributed by atoms with Crippen LogP contribution in [0.2, 0.25) is 0 Å². The maximum atomic E-state index is 12.0. The van der Waals surface area contributed by atoms with Crippen LogP contribution in [0.15, 0.2) is 33.9 Å². The third-order valence-corrected chi connectivity index (χ3v) is 4.47. The van der Waals surface area contributed by atoms with E-state index in [1.165, 1.54) is 0 Å². The normalized spacial score (nSPS) is 32.4. The van der Waals surface area contributed by atoms with Crippen molar-refractivity contribution in [2.45, 2.75) is 5.41 Å². The average Bonchev–Trinajstić information content (AvgIpc) is 2.90. The molecule has 1 aliphatic heterocycles. The Hall–Kier alpha value is -1.52. The highest BCUT2D eigenvalue weighted by Crippen LogP contribution is 2.64. The summed E-state index contributed by atoms with van der Waals surface area (Å²) in [6.45, 7) is 0.785. The molecule has 2 aliphatic rings. The summed E-state index contributed by atoms with van der Waals surface area (Å²) in [5.74, 6) is 0.0421. The third-order valence-electron chi connectivity index (χ3n) is 3.94. The summed E-state index contributed by atoms with van der Waals surface area (Å²) in [5, 5.41) is 3.60. The summed E-state index contributed by atoms with van der Waals surface area (Å²) < 4.78 is 6.10. The van der Waals surface area contributed by atoms with E-state index in [0.29, 0.717) is 13.2 Å². The summed E-state index contributed by atoms with van der Waals surface area (Å²) in [5.41, 5.74) is 8.78. The van der Waals surface area contributed by atoms with Crippen LogP contribution in [0.5, 0.6) is 0 Å². The summed E-state index contributed by atoms with van der Waals surface area (Å²) >= 11 is 3.37. The largest absolute Gasteiger partial charge is 0.465 e. The van der Waals surface area contributed by atoms with Gasteiger partial charge >= 0.3 is 5.97 Å². The molecule has 6 heteroatoms. The molecule has 0 radical (unpaired) electrons. The van der Waals surface area contributed by atoms with Gasteiger partial charge in [-0.25, -0.2) is 0 Å². The monoisotopic (exact) mass is 307 g/mol. The van der Waals surface area contributed by atoms with Gasteiger partial charge in [0.15, 0.2) is 0 Å². The van der Waals surface area contributed by atoms with Crippen LogP contribution in [0, 0.1) is 11.8 Å². The number of carbonyl (C=O) groups excluding carboxylic acids is 1. The Labute approximate surface area is 112 Å². The molecule has 1 aromatic carbocycles. The molecule has 5 nitrogen and oxygen atoms in total. The number of esters is 1. The molecule has 18 heavy (non-hydrogen) atoms. The van der Waals surface area contributed by atoms with Gasteiger partial charge < -0.3 is 4.74 Å². The summed E-state index contributed by atoms with van der Waals surface area (Å²) in [7, 11) is 0. The second-order valence-electron chi connectivity index (χ2n) is 4.60. The van der Waals surface area contributed by atoms with E-state index in [4.69, 9.17) is 10.3 Å². The van der Waals surface area contributed by atoms with E-state index in [1.807, 2.05) is 24.3 Å². The van der Waals surface area contributed by atoms with Crippen LogP contribution < -0.4 is 0 Å². The molecule has 0 unspecified atom stereocenters. The Morgan fingerprint density at radius 2 is 2.22 bits per heavy atom. The van der Waals surface area contributed by atoms with Gasteiger partial charge in [-0.2, -0.15) is 0 Å². The van der Waals surface area contributed by atoms with Crippen molar-refractivity contribution in [3.05, 3.63) is 44.7 Å². The summed E-state index contributed by atoms with van der Waals surface area (Å²) in [6, 6.07) is 7.69. The molecule has 1 aromatic rings. The summed E-state index contributed by atoms with van der Waals surface area (Å²) in [6.07, 6.45) is 0. The van der Waals surface area contributed by atoms with E-state index in [1.54, 1.807) is 0 Å². The van der Waals surface area contributed by atoms with E-state index >= 15 is 0 Å². The van der Waals surface area contributed by atoms with Gasteiger partial charge in [-0.05, 0) is 29.1 Å². The molecule has 0 amide bonds. The molecule has 1 heterocycles. The number of fused-ring (bicyclic) bond motifs is 1. The topological polar surface area (TPSA) is 75.1 Å². The van der Waals surface area contributed by atoms with Crippen LogP contribution >= 0.6 is 15.9 Å². The first kappa shape index (κ1) is 11.6. The Bertz CT molecular complexity index is 553. The molecule has 1 aliphatic carbocycles. The standard InChI is InChI=1S/C12H10BrN3O2/c13-8-3-1-7(2-4-8)12-9(5-15-16-14)10(12)6-18-11(12)17/h1-4,9-10H,5-6H2/t9-,10-,12+/m1/s1. The van der Waals surface area contributed by atoms with Gasteiger partial charge in [0, 0.05) is 21.8 Å². The molecule has 0 bridgehead atoms. The maximum Gasteiger partial charge on any atom is 0.317 e. The molecule has 3 atom stereocenters. The van der Waals surface area contributed by atoms with Crippen molar-refractivity contribution >= 4 is 21.9 Å². The summed E-state index contributed by atoms with van der Waals surface area (Å²) in [4.78, 5) is 14.8. The van der Waals surface area contributed by atoms with Crippen LogP contribution in [-0.2, 0) is 14.9 Å². The minimum atomic E-state index is -0.575. The first-order valence-electron chi connectivity index (χ1n) is 5.65. The average molecular weight is 308 g/mol. The molecule has 0 N–H and O–H groups in total. The van der Waals surface area contributed by atoms with E-state index in [2.05, 4.69) is 26.0 Å². The van der Waals surface area contributed by atoms with Gasteiger partial charge in [0.1, 0.15) is 5.41 Å². The fourth-order valence-electron chi connectivity index (χ4n) is 3.04. The van der Waals surface area contributed by atoms with Crippen molar-refractivity contribution in [1.82, 2.24) is 0 Å². The Morgan fingerprint density at radius 3 is 2.89 bits per heavy atom. The van der Waals surface area contributed by atoms with Crippen molar-refractivity contribution < 1.29 is 9.53 Å². The maximum absolute atomic E-state index is 12.0. The zero-order valence-corrected chi connectivity index (χ0v) is 11.0. The number of benzene rings is 1. The highest BCUT2D eigenvalue weighted by molar-refractivity contribution is 9.10. The second kappa shape index (κ2) is 4.00. The molecule has 2 fully saturated rings. The fourth-order valence-corrected chi connectivity index (χ4v) is 3.31. The van der Waals surface area contributed by atoms with E-state index in [0.717, 1.165) is 10.0 Å². The van der Waals surface area contributed by atoms with Crippen molar-refractivity contribution in [2.24, 2.45) is 17.0 Å². The third kappa shape index (κ3) is 1.39. The van der Waals surface area contributed by atoms with Gasteiger partial charge in [0.2, 0.25) is 0 Å². The van der Waals surface area contributed by atoms with Crippen molar-refractivity contribution in [1.29, 1.82) is 0 Å². The fraction of sp³-hybridized carbons (Fsp3) is 0.417. The molecule has 1 saturated carbocycles. The first-order chi connectivity index (χ1) is 8.71. The lowest BCUT2D eigenvalue weighted by Gasteiger charge is -2.12. The van der Waals surface area contributed by atoms with Gasteiger partial charge in [-0.15, -0.1) is 0 Å². The number of nitrogens with zero attached hydrogens (tertiary/aromatic N) is 3. The number of halogens is 1. The highest BCUT2D eigenvalue weighted by atomic mass is 79.9. The van der Waals surface area contributed by atoms with Crippen LogP contribution in [0.1, 0.15) is 5.56 Å². The lowest BCUT2D eigenvalue weighted by molar-refractivity contribution is -0.143. The van der Waals surface area contributed by atoms with E-state index < -0.39 is 5.41 Å². The lowest BCUT2D eigenvalue weighted by Crippen LogP contribution is -2.23. The SMILES string of the molecule is [N-]=[N+]=NC[C@@H]1[C@H]2COC(=O)[C@@]12c1ccc(Br)cc1. The van der Waals surface area contributed by atoms with Gasteiger partial charge in [-0.3, -0.25) is 4.79 Å². The van der Waals surface area contributed by atoms with Gasteiger partial charge in [0.25, 0.3) is 0 Å².